The Morgan fingerprint density at radius 2 is 1.71 bits per heavy atom. The Morgan fingerprint density at radius 1 is 1.03 bits per heavy atom. The Bertz CT molecular complexity index is 1220. The van der Waals surface area contributed by atoms with E-state index in [1.165, 1.54) is 0 Å². The van der Waals surface area contributed by atoms with Crippen LogP contribution in [0.4, 0.5) is 4.79 Å². The molecule has 0 radical (unpaired) electrons. The predicted molar refractivity (Wildman–Crippen MR) is 138 cm³/mol. The van der Waals surface area contributed by atoms with Crippen LogP contribution in [0.5, 0.6) is 0 Å². The first-order chi connectivity index (χ1) is 16.7. The number of imidazole rings is 1. The van der Waals surface area contributed by atoms with Crippen LogP contribution in [0.25, 0.3) is 0 Å². The molecule has 0 atom stereocenters. The van der Waals surface area contributed by atoms with Crippen molar-refractivity contribution in [1.82, 2.24) is 24.7 Å². The number of nitrogens with one attached hydrogen (secondary N) is 1. The number of amides is 2. The fourth-order valence-corrected chi connectivity index (χ4v) is 5.37. The molecule has 9 heteroatoms. The van der Waals surface area contributed by atoms with Crippen molar-refractivity contribution in [3.05, 3.63) is 83.2 Å². The molecule has 3 rings (SSSR count). The minimum Gasteiger partial charge on any atom is -0.338 e. The quantitative estimate of drug-likeness (QED) is 0.439. The number of urea groups is 1. The minimum atomic E-state index is -3.73. The maximum atomic E-state index is 13.5. The van der Waals surface area contributed by atoms with Gasteiger partial charge in [0.1, 0.15) is 0 Å². The van der Waals surface area contributed by atoms with E-state index in [-0.39, 0.29) is 23.5 Å². The predicted octanol–water partition coefficient (Wildman–Crippen LogP) is 3.31. The SMILES string of the molecule is CCNC(=O)N(CCN(C)C)Cc1cnc(S(=O)(=O)Cc2ccccc2C)n1Cc1ccccc1. The molecule has 0 aliphatic heterocycles. The van der Waals surface area contributed by atoms with Crippen LogP contribution in [0.15, 0.2) is 66.0 Å². The molecule has 0 saturated carbocycles. The van der Waals surface area contributed by atoms with Crippen molar-refractivity contribution in [2.24, 2.45) is 0 Å². The number of aromatic nitrogens is 2. The molecule has 0 fully saturated rings. The van der Waals surface area contributed by atoms with Gasteiger partial charge >= 0.3 is 6.03 Å². The molecule has 0 unspecified atom stereocenters. The average Bonchev–Trinajstić information content (AvgIpc) is 3.21. The summed E-state index contributed by atoms with van der Waals surface area (Å²) < 4.78 is 28.8. The molecule has 0 aliphatic carbocycles. The molecule has 1 aromatic heterocycles. The van der Waals surface area contributed by atoms with Gasteiger partial charge in [0, 0.05) is 19.6 Å². The van der Waals surface area contributed by atoms with Crippen LogP contribution < -0.4 is 5.32 Å². The number of nitrogens with zero attached hydrogens (tertiary/aromatic N) is 4. The van der Waals surface area contributed by atoms with Crippen molar-refractivity contribution in [1.29, 1.82) is 0 Å². The Labute approximate surface area is 208 Å². The Balaban J connectivity index is 1.99. The normalized spacial score (nSPS) is 11.6. The fourth-order valence-electron chi connectivity index (χ4n) is 3.77. The maximum absolute atomic E-state index is 13.5. The van der Waals surface area contributed by atoms with Crippen molar-refractivity contribution in [2.45, 2.75) is 37.8 Å². The summed E-state index contributed by atoms with van der Waals surface area (Å²) >= 11 is 0. The Kier molecular flexibility index (Phi) is 9.06. The molecule has 0 spiro atoms. The third kappa shape index (κ3) is 7.16. The van der Waals surface area contributed by atoms with Crippen molar-refractivity contribution < 1.29 is 13.2 Å². The first-order valence-electron chi connectivity index (χ1n) is 11.7. The summed E-state index contributed by atoms with van der Waals surface area (Å²) in [7, 11) is 0.167. The molecular formula is C26H35N5O3S. The van der Waals surface area contributed by atoms with E-state index in [0.29, 0.717) is 31.9 Å². The molecule has 0 bridgehead atoms. The van der Waals surface area contributed by atoms with Crippen LogP contribution in [0.1, 0.15) is 29.3 Å². The van der Waals surface area contributed by atoms with Crippen LogP contribution in [0, 0.1) is 6.92 Å². The first-order valence-corrected chi connectivity index (χ1v) is 13.4. The van der Waals surface area contributed by atoms with Gasteiger partial charge in [0.2, 0.25) is 15.0 Å². The van der Waals surface area contributed by atoms with Gasteiger partial charge < -0.3 is 19.7 Å². The van der Waals surface area contributed by atoms with Gasteiger partial charge in [0.05, 0.1) is 30.7 Å². The smallest absolute Gasteiger partial charge is 0.317 e. The Morgan fingerprint density at radius 3 is 2.37 bits per heavy atom. The number of sulfone groups is 1. The van der Waals surface area contributed by atoms with Gasteiger partial charge in [-0.05, 0) is 44.6 Å². The summed E-state index contributed by atoms with van der Waals surface area (Å²) in [6.07, 6.45) is 1.58. The van der Waals surface area contributed by atoms with Gasteiger partial charge in [-0.1, -0.05) is 54.6 Å². The van der Waals surface area contributed by atoms with Crippen molar-refractivity contribution >= 4 is 15.9 Å². The van der Waals surface area contributed by atoms with E-state index >= 15 is 0 Å². The summed E-state index contributed by atoms with van der Waals surface area (Å²) in [6.45, 7) is 6.06. The number of hydrogen-bond acceptors (Lipinski definition) is 5. The van der Waals surface area contributed by atoms with Crippen molar-refractivity contribution in [2.75, 3.05) is 33.7 Å². The van der Waals surface area contributed by atoms with Gasteiger partial charge in [-0.2, -0.15) is 0 Å². The third-order valence-corrected chi connectivity index (χ3v) is 7.33. The summed E-state index contributed by atoms with van der Waals surface area (Å²) in [5.74, 6) is -0.133. The summed E-state index contributed by atoms with van der Waals surface area (Å²) in [5.41, 5.74) is 3.29. The third-order valence-electron chi connectivity index (χ3n) is 5.76. The molecule has 0 saturated heterocycles. The molecule has 188 valence electrons. The molecule has 2 amide bonds. The number of rotatable bonds is 11. The fraction of sp³-hybridized carbons (Fsp3) is 0.385. The molecule has 1 heterocycles. The number of aryl methyl sites for hydroxylation is 1. The van der Waals surface area contributed by atoms with Crippen LogP contribution in [0.2, 0.25) is 0 Å². The summed E-state index contributed by atoms with van der Waals surface area (Å²) in [5, 5.41) is 2.87. The van der Waals surface area contributed by atoms with Crippen LogP contribution in [-0.2, 0) is 28.7 Å². The second kappa shape index (κ2) is 12.0. The van der Waals surface area contributed by atoms with E-state index in [1.807, 2.05) is 87.4 Å². The zero-order valence-electron chi connectivity index (χ0n) is 20.9. The summed E-state index contributed by atoms with van der Waals surface area (Å²) in [4.78, 5) is 20.8. The molecule has 2 aromatic carbocycles. The van der Waals surface area contributed by atoms with Gasteiger partial charge in [0.15, 0.2) is 0 Å². The highest BCUT2D eigenvalue weighted by Crippen LogP contribution is 2.22. The largest absolute Gasteiger partial charge is 0.338 e. The highest BCUT2D eigenvalue weighted by molar-refractivity contribution is 7.90. The minimum absolute atomic E-state index is 0.0167. The first kappa shape index (κ1) is 26.4. The lowest BCUT2D eigenvalue weighted by atomic mass is 10.1. The van der Waals surface area contributed by atoms with Gasteiger partial charge in [0.25, 0.3) is 0 Å². The highest BCUT2D eigenvalue weighted by atomic mass is 32.2. The van der Waals surface area contributed by atoms with Gasteiger partial charge in [-0.25, -0.2) is 18.2 Å². The lowest BCUT2D eigenvalue weighted by Gasteiger charge is -2.25. The maximum Gasteiger partial charge on any atom is 0.317 e. The molecule has 35 heavy (non-hydrogen) atoms. The number of hydrogen-bond donors (Lipinski definition) is 1. The zero-order valence-corrected chi connectivity index (χ0v) is 21.8. The monoisotopic (exact) mass is 497 g/mol. The number of benzene rings is 2. The topological polar surface area (TPSA) is 87.5 Å². The lowest BCUT2D eigenvalue weighted by Crippen LogP contribution is -2.43. The molecule has 3 aromatic rings. The van der Waals surface area contributed by atoms with E-state index < -0.39 is 9.84 Å². The number of carbonyl (C=O) groups excluding carboxylic acids is 1. The van der Waals surface area contributed by atoms with Crippen LogP contribution in [-0.4, -0.2) is 67.5 Å². The highest BCUT2D eigenvalue weighted by Gasteiger charge is 2.26. The molecular weight excluding hydrogens is 462 g/mol. The van der Waals surface area contributed by atoms with Crippen molar-refractivity contribution in [3.8, 4) is 0 Å². The summed E-state index contributed by atoms with van der Waals surface area (Å²) in [6, 6.07) is 17.0. The molecule has 1 N–H and O–H groups in total. The van der Waals surface area contributed by atoms with E-state index in [4.69, 9.17) is 0 Å². The number of likely N-dealkylation sites (N-methyl/N-ethyl adjacent to an activating group) is 1. The van der Waals surface area contributed by atoms with Gasteiger partial charge in [-0.15, -0.1) is 0 Å². The van der Waals surface area contributed by atoms with E-state index in [9.17, 15) is 13.2 Å². The van der Waals surface area contributed by atoms with Crippen LogP contribution >= 0.6 is 0 Å². The zero-order chi connectivity index (χ0) is 25.4. The molecule has 0 aliphatic rings. The van der Waals surface area contributed by atoms with E-state index in [2.05, 4.69) is 10.3 Å². The lowest BCUT2D eigenvalue weighted by molar-refractivity contribution is 0.188. The average molecular weight is 498 g/mol. The second-order valence-electron chi connectivity index (χ2n) is 8.85. The standard InChI is InChI=1S/C26H35N5O3S/c1-5-27-25(32)30(16-15-29(3)4)19-24-17-28-26(31(24)18-22-12-7-6-8-13-22)35(33,34)20-23-14-10-9-11-21(23)2/h6-14,17H,5,15-16,18-20H2,1-4H3,(H,27,32). The van der Waals surface area contributed by atoms with Crippen LogP contribution in [0.3, 0.4) is 0 Å². The molecule has 8 nitrogen and oxygen atoms in total. The Hall–Kier alpha value is -3.17. The van der Waals surface area contributed by atoms with Crippen molar-refractivity contribution in [3.63, 3.8) is 0 Å². The van der Waals surface area contributed by atoms with Gasteiger partial charge in [-0.3, -0.25) is 0 Å². The van der Waals surface area contributed by atoms with E-state index in [1.54, 1.807) is 15.7 Å². The second-order valence-corrected chi connectivity index (χ2v) is 10.7. The van der Waals surface area contributed by atoms with E-state index in [0.717, 1.165) is 16.7 Å². The number of carbonyl (C=O) groups is 1.